The van der Waals surface area contributed by atoms with Crippen molar-refractivity contribution in [2.45, 2.75) is 18.5 Å². The van der Waals surface area contributed by atoms with Crippen LogP contribution < -0.4 is 5.73 Å². The Morgan fingerprint density at radius 1 is 1.32 bits per heavy atom. The summed E-state index contributed by atoms with van der Waals surface area (Å²) >= 11 is 3.33. The molecule has 0 bridgehead atoms. The van der Waals surface area contributed by atoms with Crippen LogP contribution in [0.2, 0.25) is 0 Å². The van der Waals surface area contributed by atoms with Gasteiger partial charge in [0.15, 0.2) is 0 Å². The van der Waals surface area contributed by atoms with Crippen LogP contribution in [0.4, 0.5) is 0 Å². The number of likely N-dealkylation sites (tertiary alicyclic amines) is 1. The lowest BCUT2D eigenvalue weighted by Crippen LogP contribution is -2.34. The van der Waals surface area contributed by atoms with E-state index in [2.05, 4.69) is 33.2 Å². The molecule has 22 heavy (non-hydrogen) atoms. The summed E-state index contributed by atoms with van der Waals surface area (Å²) in [4.78, 5) is 14.2. The maximum absolute atomic E-state index is 12.3. The summed E-state index contributed by atoms with van der Waals surface area (Å²) in [7, 11) is 0. The topological polar surface area (TPSA) is 64.2 Å². The molecule has 0 aliphatic carbocycles. The van der Waals surface area contributed by atoms with Gasteiger partial charge in [-0.05, 0) is 21.5 Å². The smallest absolute Gasteiger partial charge is 0.244 e. The summed E-state index contributed by atoms with van der Waals surface area (Å²) < 4.78 is 2.50. The third-order valence-corrected chi connectivity index (χ3v) is 4.25. The average Bonchev–Trinajstić information content (AvgIpc) is 3.06. The largest absolute Gasteiger partial charge is 0.339 e. The summed E-state index contributed by atoms with van der Waals surface area (Å²) in [5, 5.41) is 4.11. The highest BCUT2D eigenvalue weighted by Crippen LogP contribution is 2.26. The van der Waals surface area contributed by atoms with Crippen molar-refractivity contribution in [3.05, 3.63) is 52.8 Å². The number of hydrogen-bond acceptors (Lipinski definition) is 3. The molecule has 2 N–H and O–H groups in total. The van der Waals surface area contributed by atoms with E-state index in [-0.39, 0.29) is 36.8 Å². The molecule has 1 saturated heterocycles. The first-order chi connectivity index (χ1) is 10.1. The molecule has 118 valence electrons. The minimum atomic E-state index is -0.0132. The monoisotopic (exact) mass is 384 g/mol. The van der Waals surface area contributed by atoms with Crippen LogP contribution in [0.15, 0.2) is 47.2 Å². The first kappa shape index (κ1) is 17.0. The van der Waals surface area contributed by atoms with E-state index >= 15 is 0 Å². The molecule has 2 heterocycles. The van der Waals surface area contributed by atoms with Crippen LogP contribution in [0.25, 0.3) is 0 Å². The summed E-state index contributed by atoms with van der Waals surface area (Å²) in [6.07, 6.45) is 3.47. The number of aromatic nitrogens is 2. The van der Waals surface area contributed by atoms with Gasteiger partial charge in [0.25, 0.3) is 0 Å². The van der Waals surface area contributed by atoms with Crippen LogP contribution in [0.5, 0.6) is 0 Å². The van der Waals surface area contributed by atoms with Crippen molar-refractivity contribution < 1.29 is 4.79 Å². The number of halogens is 2. The highest BCUT2D eigenvalue weighted by atomic mass is 79.9. The Bertz CT molecular complexity index is 633. The van der Waals surface area contributed by atoms with E-state index in [4.69, 9.17) is 5.73 Å². The van der Waals surface area contributed by atoms with E-state index in [0.717, 1.165) is 4.47 Å². The Kier molecular flexibility index (Phi) is 5.61. The number of carbonyl (C=O) groups excluding carboxylic acids is 1. The number of amides is 1. The molecule has 1 aliphatic heterocycles. The van der Waals surface area contributed by atoms with E-state index in [0.29, 0.717) is 13.1 Å². The normalized spacial score (nSPS) is 20.7. The molecule has 0 radical (unpaired) electrons. The van der Waals surface area contributed by atoms with Crippen molar-refractivity contribution >= 4 is 34.2 Å². The van der Waals surface area contributed by atoms with Gasteiger partial charge in [-0.2, -0.15) is 5.10 Å². The summed E-state index contributed by atoms with van der Waals surface area (Å²) in [6.45, 7) is 1.52. The predicted molar refractivity (Wildman–Crippen MR) is 90.9 cm³/mol. The summed E-state index contributed by atoms with van der Waals surface area (Å²) in [5.74, 6) is 0.263. The minimum Gasteiger partial charge on any atom is -0.339 e. The van der Waals surface area contributed by atoms with Crippen molar-refractivity contribution in [2.75, 3.05) is 13.1 Å². The molecule has 1 aliphatic rings. The van der Waals surface area contributed by atoms with Gasteiger partial charge < -0.3 is 10.6 Å². The fourth-order valence-electron chi connectivity index (χ4n) is 2.75. The number of benzene rings is 1. The molecule has 0 saturated carbocycles. The third kappa shape index (κ3) is 3.69. The second-order valence-corrected chi connectivity index (χ2v) is 6.25. The molecule has 2 atom stereocenters. The molecule has 3 rings (SSSR count). The predicted octanol–water partition coefficient (Wildman–Crippen LogP) is 2.02. The van der Waals surface area contributed by atoms with Crippen LogP contribution in [0.3, 0.4) is 0 Å². The molecule has 1 amide bonds. The first-order valence-corrected chi connectivity index (χ1v) is 7.69. The number of nitrogens with two attached hydrogens (primary N) is 1. The molecule has 2 aromatic rings. The second-order valence-electron chi connectivity index (χ2n) is 5.34. The fourth-order valence-corrected chi connectivity index (χ4v) is 3.08. The zero-order valence-corrected chi connectivity index (χ0v) is 14.3. The zero-order chi connectivity index (χ0) is 14.8. The number of hydrogen-bond donors (Lipinski definition) is 1. The Labute approximate surface area is 144 Å². The fraction of sp³-hybridized carbons (Fsp3) is 0.333. The van der Waals surface area contributed by atoms with Crippen molar-refractivity contribution in [2.24, 2.45) is 5.73 Å². The lowest BCUT2D eigenvalue weighted by molar-refractivity contribution is -0.131. The van der Waals surface area contributed by atoms with Gasteiger partial charge in [-0.3, -0.25) is 9.48 Å². The van der Waals surface area contributed by atoms with Gasteiger partial charge in [-0.1, -0.05) is 30.3 Å². The molecule has 1 aromatic heterocycles. The Morgan fingerprint density at radius 3 is 2.68 bits per heavy atom. The summed E-state index contributed by atoms with van der Waals surface area (Å²) in [5.41, 5.74) is 7.41. The lowest BCUT2D eigenvalue weighted by atomic mass is 9.95. The average molecular weight is 386 g/mol. The van der Waals surface area contributed by atoms with Crippen LogP contribution >= 0.6 is 28.3 Å². The molecule has 1 fully saturated rings. The second kappa shape index (κ2) is 7.26. The lowest BCUT2D eigenvalue weighted by Gasteiger charge is -2.16. The SMILES string of the molecule is Cl.N[C@@H]1CN(C(=O)Cn2cc(Br)cn2)C[C@H]1c1ccccc1. The van der Waals surface area contributed by atoms with E-state index < -0.39 is 0 Å². The van der Waals surface area contributed by atoms with Gasteiger partial charge in [0.1, 0.15) is 6.54 Å². The maximum atomic E-state index is 12.3. The van der Waals surface area contributed by atoms with E-state index in [9.17, 15) is 4.79 Å². The third-order valence-electron chi connectivity index (χ3n) is 3.84. The Balaban J connectivity index is 0.00000176. The molecule has 1 aromatic carbocycles. The van der Waals surface area contributed by atoms with Crippen molar-refractivity contribution in [3.63, 3.8) is 0 Å². The highest BCUT2D eigenvalue weighted by molar-refractivity contribution is 9.10. The van der Waals surface area contributed by atoms with E-state index in [1.807, 2.05) is 23.1 Å². The van der Waals surface area contributed by atoms with Crippen molar-refractivity contribution in [1.29, 1.82) is 0 Å². The number of rotatable bonds is 3. The van der Waals surface area contributed by atoms with Crippen molar-refractivity contribution in [1.82, 2.24) is 14.7 Å². The molecule has 0 unspecified atom stereocenters. The molecular formula is C15H18BrClN4O. The molecular weight excluding hydrogens is 368 g/mol. The van der Waals surface area contributed by atoms with Gasteiger partial charge in [0.2, 0.25) is 5.91 Å². The number of nitrogens with zero attached hydrogens (tertiary/aromatic N) is 3. The molecule has 5 nitrogen and oxygen atoms in total. The van der Waals surface area contributed by atoms with E-state index in [1.165, 1.54) is 5.56 Å². The van der Waals surface area contributed by atoms with Crippen LogP contribution in [0.1, 0.15) is 11.5 Å². The van der Waals surface area contributed by atoms with Gasteiger partial charge in [0.05, 0.1) is 10.7 Å². The van der Waals surface area contributed by atoms with Gasteiger partial charge in [-0.25, -0.2) is 0 Å². The molecule has 0 spiro atoms. The maximum Gasteiger partial charge on any atom is 0.244 e. The highest BCUT2D eigenvalue weighted by Gasteiger charge is 2.33. The van der Waals surface area contributed by atoms with Gasteiger partial charge in [-0.15, -0.1) is 12.4 Å². The molecule has 7 heteroatoms. The first-order valence-electron chi connectivity index (χ1n) is 6.90. The van der Waals surface area contributed by atoms with Crippen LogP contribution in [-0.4, -0.2) is 39.7 Å². The van der Waals surface area contributed by atoms with Crippen LogP contribution in [0, 0.1) is 0 Å². The minimum absolute atomic E-state index is 0. The number of carbonyl (C=O) groups is 1. The zero-order valence-electron chi connectivity index (χ0n) is 11.9. The van der Waals surface area contributed by atoms with E-state index in [1.54, 1.807) is 17.1 Å². The van der Waals surface area contributed by atoms with Crippen LogP contribution in [-0.2, 0) is 11.3 Å². The Hall–Kier alpha value is -1.37. The Morgan fingerprint density at radius 2 is 2.05 bits per heavy atom. The standard InChI is InChI=1S/C15H17BrN4O.ClH/c16-12-6-18-20(7-12)10-15(21)19-8-13(14(17)9-19)11-4-2-1-3-5-11;/h1-7,13-14H,8-10,17H2;1H/t13-,14+;/m0./s1. The van der Waals surface area contributed by atoms with Crippen molar-refractivity contribution in [3.8, 4) is 0 Å². The quantitative estimate of drug-likeness (QED) is 0.879. The van der Waals surface area contributed by atoms with Gasteiger partial charge in [0, 0.05) is 31.2 Å². The van der Waals surface area contributed by atoms with Gasteiger partial charge >= 0.3 is 0 Å². The summed E-state index contributed by atoms with van der Waals surface area (Å²) in [6, 6.07) is 10.1.